The summed E-state index contributed by atoms with van der Waals surface area (Å²) in [6, 6.07) is 6.96. The van der Waals surface area contributed by atoms with Gasteiger partial charge in [-0.2, -0.15) is 22.0 Å². The van der Waals surface area contributed by atoms with Crippen LogP contribution in [0.3, 0.4) is 0 Å². The van der Waals surface area contributed by atoms with Crippen LogP contribution >= 0.6 is 0 Å². The van der Waals surface area contributed by atoms with Crippen LogP contribution < -0.4 is 16.0 Å². The number of hydrogen-bond donors (Lipinski definition) is 2. The van der Waals surface area contributed by atoms with Gasteiger partial charge in [-0.1, -0.05) is 19.9 Å². The lowest BCUT2D eigenvalue weighted by Crippen LogP contribution is -2.33. The minimum atomic E-state index is -4.65. The van der Waals surface area contributed by atoms with Crippen molar-refractivity contribution in [3.05, 3.63) is 64.2 Å². The molecule has 12 heteroatoms. The molecule has 3 rings (SSSR count). The van der Waals surface area contributed by atoms with E-state index in [4.69, 9.17) is 5.73 Å². The van der Waals surface area contributed by atoms with E-state index in [1.807, 2.05) is 0 Å². The third kappa shape index (κ3) is 5.74. The minimum absolute atomic E-state index is 0.0168. The van der Waals surface area contributed by atoms with Crippen LogP contribution in [0.15, 0.2) is 47.4 Å². The van der Waals surface area contributed by atoms with E-state index in [0.717, 1.165) is 24.4 Å². The number of benzene rings is 1. The third-order valence-corrected chi connectivity index (χ3v) is 4.92. The maximum atomic E-state index is 13.0. The smallest absolute Gasteiger partial charge is 0.433 e. The van der Waals surface area contributed by atoms with Gasteiger partial charge in [0.05, 0.1) is 11.3 Å². The highest BCUT2D eigenvalue weighted by Gasteiger charge is 2.32. The molecule has 0 spiro atoms. The number of hydrogen-bond acceptors (Lipinski definition) is 5. The van der Waals surface area contributed by atoms with Crippen molar-refractivity contribution in [3.63, 3.8) is 0 Å². The van der Waals surface area contributed by atoms with Gasteiger partial charge in [-0.05, 0) is 36.2 Å². The number of rotatable bonds is 7. The lowest BCUT2D eigenvalue weighted by atomic mass is 9.84. The highest BCUT2D eigenvalue weighted by atomic mass is 19.4. The van der Waals surface area contributed by atoms with Gasteiger partial charge >= 0.3 is 12.8 Å². The summed E-state index contributed by atoms with van der Waals surface area (Å²) in [5, 5.41) is 0. The molecule has 0 atom stereocenters. The van der Waals surface area contributed by atoms with Gasteiger partial charge in [0.2, 0.25) is 5.91 Å². The Morgan fingerprint density at radius 1 is 1.15 bits per heavy atom. The van der Waals surface area contributed by atoms with Gasteiger partial charge in [0.1, 0.15) is 17.3 Å². The van der Waals surface area contributed by atoms with Crippen molar-refractivity contribution in [2.45, 2.75) is 33.1 Å². The first kappa shape index (κ1) is 24.8. The zero-order chi connectivity index (χ0) is 25.3. The van der Waals surface area contributed by atoms with E-state index in [2.05, 4.69) is 19.7 Å². The van der Waals surface area contributed by atoms with Crippen molar-refractivity contribution < 1.29 is 31.5 Å². The number of carbonyl (C=O) groups excluding carboxylic acids is 1. The summed E-state index contributed by atoms with van der Waals surface area (Å²) in [4.78, 5) is 33.9. The molecule has 0 aliphatic carbocycles. The first-order valence-electron chi connectivity index (χ1n) is 9.79. The van der Waals surface area contributed by atoms with Gasteiger partial charge in [0.15, 0.2) is 0 Å². The van der Waals surface area contributed by atoms with Crippen LogP contribution in [0.25, 0.3) is 22.6 Å². The monoisotopic (exact) mass is 482 g/mol. The fraction of sp³-hybridized carbons (Fsp3) is 0.273. The van der Waals surface area contributed by atoms with Gasteiger partial charge in [-0.25, -0.2) is 4.98 Å². The number of alkyl halides is 5. The van der Waals surface area contributed by atoms with E-state index in [0.29, 0.717) is 5.56 Å². The Morgan fingerprint density at radius 3 is 2.41 bits per heavy atom. The number of nitrogens with zero attached hydrogens (tertiary/aromatic N) is 2. The van der Waals surface area contributed by atoms with Gasteiger partial charge < -0.3 is 15.5 Å². The number of H-pyrrole nitrogens is 1. The minimum Gasteiger partial charge on any atom is -0.434 e. The third-order valence-electron chi connectivity index (χ3n) is 4.92. The summed E-state index contributed by atoms with van der Waals surface area (Å²) in [7, 11) is 0. The van der Waals surface area contributed by atoms with Crippen LogP contribution in [0.2, 0.25) is 0 Å². The van der Waals surface area contributed by atoms with E-state index >= 15 is 0 Å². The number of aromatic nitrogens is 3. The predicted molar refractivity (Wildman–Crippen MR) is 112 cm³/mol. The predicted octanol–water partition coefficient (Wildman–Crippen LogP) is 4.17. The molecule has 180 valence electrons. The van der Waals surface area contributed by atoms with E-state index in [1.165, 1.54) is 18.2 Å². The lowest BCUT2D eigenvalue weighted by molar-refractivity contribution is -0.141. The second-order valence-electron chi connectivity index (χ2n) is 8.04. The van der Waals surface area contributed by atoms with Gasteiger partial charge in [0, 0.05) is 23.2 Å². The van der Waals surface area contributed by atoms with Gasteiger partial charge in [0.25, 0.3) is 5.56 Å². The molecular formula is C22H19F5N4O3. The fourth-order valence-corrected chi connectivity index (χ4v) is 3.11. The molecule has 3 aromatic rings. The molecule has 0 saturated heterocycles. The summed E-state index contributed by atoms with van der Waals surface area (Å²) in [6.07, 6.45) is -3.60. The number of carbonyl (C=O) groups is 1. The largest absolute Gasteiger partial charge is 0.434 e. The first-order chi connectivity index (χ1) is 15.8. The van der Waals surface area contributed by atoms with Crippen LogP contribution in [0.1, 0.15) is 25.1 Å². The maximum absolute atomic E-state index is 13.0. The molecule has 2 aromatic heterocycles. The van der Waals surface area contributed by atoms with Crippen LogP contribution in [0.5, 0.6) is 5.75 Å². The van der Waals surface area contributed by atoms with Gasteiger partial charge in [-0.3, -0.25) is 14.6 Å². The maximum Gasteiger partial charge on any atom is 0.433 e. The highest BCUT2D eigenvalue weighted by molar-refractivity contribution is 5.80. The van der Waals surface area contributed by atoms with Crippen molar-refractivity contribution in [1.29, 1.82) is 0 Å². The van der Waals surface area contributed by atoms with Crippen LogP contribution in [0, 0.1) is 5.41 Å². The molecule has 0 bridgehead atoms. The molecule has 0 unspecified atom stereocenters. The molecule has 1 aromatic carbocycles. The number of aromatic amines is 1. The Hall–Kier alpha value is -3.83. The van der Waals surface area contributed by atoms with Crippen molar-refractivity contribution >= 4 is 5.91 Å². The molecule has 1 amide bonds. The van der Waals surface area contributed by atoms with Crippen molar-refractivity contribution in [2.24, 2.45) is 11.1 Å². The standard InChI is InChI=1S/C22H19F5N4O3/c1-21(2,19(28)33)9-11-3-5-15(34-20(23)24)13(7-11)18-30-14(8-17(32)31-18)12-4-6-16(29-10-12)22(25,26)27/h3-8,10,20H,9H2,1-2H3,(H2,28,33)(H,30,31,32). The molecule has 0 aliphatic rings. The first-order valence-corrected chi connectivity index (χ1v) is 9.79. The van der Waals surface area contributed by atoms with Crippen molar-refractivity contribution in [2.75, 3.05) is 0 Å². The topological polar surface area (TPSA) is 111 Å². The number of amides is 1. The second-order valence-corrected chi connectivity index (χ2v) is 8.04. The highest BCUT2D eigenvalue weighted by Crippen LogP contribution is 2.33. The van der Waals surface area contributed by atoms with Crippen LogP contribution in [0.4, 0.5) is 22.0 Å². The van der Waals surface area contributed by atoms with Crippen LogP contribution in [-0.2, 0) is 17.4 Å². The molecule has 3 N–H and O–H groups in total. The van der Waals surface area contributed by atoms with E-state index in [1.54, 1.807) is 13.8 Å². The van der Waals surface area contributed by atoms with Crippen molar-refractivity contribution in [1.82, 2.24) is 15.0 Å². The Balaban J connectivity index is 2.10. The molecule has 34 heavy (non-hydrogen) atoms. The summed E-state index contributed by atoms with van der Waals surface area (Å²) < 4.78 is 68.9. The number of nitrogens with one attached hydrogen (secondary N) is 1. The van der Waals surface area contributed by atoms with Crippen LogP contribution in [-0.4, -0.2) is 27.5 Å². The Labute approximate surface area is 189 Å². The van der Waals surface area contributed by atoms with Gasteiger partial charge in [-0.15, -0.1) is 0 Å². The summed E-state index contributed by atoms with van der Waals surface area (Å²) in [6.45, 7) is 0.0362. The Bertz CT molecular complexity index is 1250. The normalized spacial score (nSPS) is 12.1. The zero-order valence-corrected chi connectivity index (χ0v) is 17.9. The fourth-order valence-electron chi connectivity index (χ4n) is 3.11. The summed E-state index contributed by atoms with van der Waals surface area (Å²) in [5.74, 6) is -1.05. The van der Waals surface area contributed by atoms with E-state index in [9.17, 15) is 31.5 Å². The molecule has 0 aliphatic heterocycles. The van der Waals surface area contributed by atoms with E-state index in [-0.39, 0.29) is 34.8 Å². The summed E-state index contributed by atoms with van der Waals surface area (Å²) >= 11 is 0. The molecule has 7 nitrogen and oxygen atoms in total. The van der Waals surface area contributed by atoms with E-state index < -0.39 is 35.4 Å². The molecule has 2 heterocycles. The SMILES string of the molecule is CC(C)(Cc1ccc(OC(F)F)c(-c2nc(-c3ccc(C(F)(F)F)nc3)cc(=O)[nH]2)c1)C(N)=O. The molecular weight excluding hydrogens is 463 g/mol. The average Bonchev–Trinajstić information content (AvgIpc) is 2.73. The van der Waals surface area contributed by atoms with Crippen molar-refractivity contribution in [3.8, 4) is 28.4 Å². The number of halogens is 5. The molecule has 0 saturated carbocycles. The average molecular weight is 482 g/mol. The lowest BCUT2D eigenvalue weighted by Gasteiger charge is -2.21. The Kier molecular flexibility index (Phi) is 6.71. The molecule has 0 radical (unpaired) electrons. The zero-order valence-electron chi connectivity index (χ0n) is 17.9. The quantitative estimate of drug-likeness (QED) is 0.491. The Morgan fingerprint density at radius 2 is 1.85 bits per heavy atom. The second kappa shape index (κ2) is 9.20. The summed E-state index contributed by atoms with van der Waals surface area (Å²) in [5.41, 5.74) is 3.19. The number of pyridine rings is 1. The molecule has 0 fully saturated rings. The number of nitrogens with two attached hydrogens (primary N) is 1. The number of primary amides is 1. The number of ether oxygens (including phenoxy) is 1.